The number of benzene rings is 1. The first kappa shape index (κ1) is 14.8. The Bertz CT molecular complexity index is 424. The number of likely N-dealkylation sites (tertiary alicyclic amines) is 1. The van der Waals surface area contributed by atoms with Gasteiger partial charge in [0, 0.05) is 25.2 Å². The number of nitrogens with one attached hydrogen (secondary N) is 2. The third kappa shape index (κ3) is 3.95. The largest absolute Gasteiger partial charge is 0.388 e. The Morgan fingerprint density at radius 1 is 1.30 bits per heavy atom. The van der Waals surface area contributed by atoms with Crippen LogP contribution in [0.2, 0.25) is 0 Å². The average molecular weight is 276 g/mol. The van der Waals surface area contributed by atoms with Crippen molar-refractivity contribution in [2.24, 2.45) is 11.8 Å². The second-order valence-corrected chi connectivity index (χ2v) is 5.32. The number of hydrogen-bond donors (Lipinski definition) is 3. The summed E-state index contributed by atoms with van der Waals surface area (Å²) in [5, 5.41) is 3.12. The average Bonchev–Trinajstić information content (AvgIpc) is 2.53. The second-order valence-electron chi connectivity index (χ2n) is 5.32. The number of nitrogens with zero attached hydrogens (tertiary/aromatic N) is 1. The summed E-state index contributed by atoms with van der Waals surface area (Å²) in [6, 6.07) is 8.54. The zero-order chi connectivity index (χ0) is 14.4. The van der Waals surface area contributed by atoms with Crippen LogP contribution in [0.4, 0.5) is 5.69 Å². The molecule has 0 unspecified atom stereocenters. The van der Waals surface area contributed by atoms with E-state index < -0.39 is 0 Å². The molecule has 0 atom stereocenters. The summed E-state index contributed by atoms with van der Waals surface area (Å²) in [7, 11) is 1.93. The number of carbonyl (C=O) groups is 1. The van der Waals surface area contributed by atoms with Crippen molar-refractivity contribution in [2.45, 2.75) is 19.3 Å². The van der Waals surface area contributed by atoms with Gasteiger partial charge < -0.3 is 10.2 Å². The molecule has 5 heteroatoms. The maximum absolute atomic E-state index is 11.5. The van der Waals surface area contributed by atoms with Gasteiger partial charge in [0.1, 0.15) is 0 Å². The third-order valence-corrected chi connectivity index (χ3v) is 4.06. The maximum Gasteiger partial charge on any atom is 0.237 e. The SMILES string of the molecule is CNc1ccc(CCN2CCC(C(=O)NN)CC2)cc1. The monoisotopic (exact) mass is 276 g/mol. The minimum Gasteiger partial charge on any atom is -0.388 e. The van der Waals surface area contributed by atoms with E-state index in [2.05, 4.69) is 39.9 Å². The summed E-state index contributed by atoms with van der Waals surface area (Å²) >= 11 is 0. The number of rotatable bonds is 5. The van der Waals surface area contributed by atoms with Crippen LogP contribution in [0.3, 0.4) is 0 Å². The first-order chi connectivity index (χ1) is 9.72. The molecule has 20 heavy (non-hydrogen) atoms. The van der Waals surface area contributed by atoms with Gasteiger partial charge in [-0.1, -0.05) is 12.1 Å². The van der Waals surface area contributed by atoms with E-state index in [1.54, 1.807) is 0 Å². The van der Waals surface area contributed by atoms with Gasteiger partial charge in [-0.15, -0.1) is 0 Å². The molecular weight excluding hydrogens is 252 g/mol. The van der Waals surface area contributed by atoms with Crippen LogP contribution in [0.5, 0.6) is 0 Å². The summed E-state index contributed by atoms with van der Waals surface area (Å²) in [4.78, 5) is 13.9. The van der Waals surface area contributed by atoms with Crippen LogP contribution in [-0.2, 0) is 11.2 Å². The van der Waals surface area contributed by atoms with E-state index in [1.807, 2.05) is 7.05 Å². The van der Waals surface area contributed by atoms with Crippen LogP contribution < -0.4 is 16.6 Å². The Kier molecular flexibility index (Phi) is 5.38. The lowest BCUT2D eigenvalue weighted by Crippen LogP contribution is -2.43. The van der Waals surface area contributed by atoms with E-state index in [0.29, 0.717) is 0 Å². The predicted molar refractivity (Wildman–Crippen MR) is 81.2 cm³/mol. The van der Waals surface area contributed by atoms with Crippen molar-refractivity contribution in [3.05, 3.63) is 29.8 Å². The zero-order valence-electron chi connectivity index (χ0n) is 12.1. The first-order valence-electron chi connectivity index (χ1n) is 7.22. The van der Waals surface area contributed by atoms with Gasteiger partial charge in [0.2, 0.25) is 5.91 Å². The van der Waals surface area contributed by atoms with Crippen molar-refractivity contribution in [2.75, 3.05) is 32.0 Å². The molecule has 1 amide bonds. The highest BCUT2D eigenvalue weighted by Gasteiger charge is 2.23. The molecule has 0 saturated carbocycles. The van der Waals surface area contributed by atoms with Crippen LogP contribution in [-0.4, -0.2) is 37.5 Å². The molecule has 110 valence electrons. The van der Waals surface area contributed by atoms with E-state index in [1.165, 1.54) is 5.56 Å². The molecule has 1 aliphatic heterocycles. The van der Waals surface area contributed by atoms with Gasteiger partial charge in [0.05, 0.1) is 0 Å². The second kappa shape index (κ2) is 7.26. The molecule has 1 aromatic rings. The lowest BCUT2D eigenvalue weighted by molar-refractivity contribution is -0.126. The van der Waals surface area contributed by atoms with Gasteiger partial charge >= 0.3 is 0 Å². The number of anilines is 1. The molecule has 5 nitrogen and oxygen atoms in total. The fourth-order valence-corrected chi connectivity index (χ4v) is 2.66. The minimum atomic E-state index is -0.0210. The van der Waals surface area contributed by atoms with Crippen molar-refractivity contribution in [3.63, 3.8) is 0 Å². The normalized spacial score (nSPS) is 16.9. The molecule has 4 N–H and O–H groups in total. The van der Waals surface area contributed by atoms with E-state index in [-0.39, 0.29) is 11.8 Å². The maximum atomic E-state index is 11.5. The van der Waals surface area contributed by atoms with E-state index in [9.17, 15) is 4.79 Å². The minimum absolute atomic E-state index is 0.0210. The molecule has 0 spiro atoms. The van der Waals surface area contributed by atoms with Gasteiger partial charge in [0.15, 0.2) is 0 Å². The fourth-order valence-electron chi connectivity index (χ4n) is 2.66. The van der Waals surface area contributed by atoms with Gasteiger partial charge in [0.25, 0.3) is 0 Å². The number of nitrogens with two attached hydrogens (primary N) is 1. The van der Waals surface area contributed by atoms with Crippen molar-refractivity contribution < 1.29 is 4.79 Å². The Morgan fingerprint density at radius 2 is 1.95 bits per heavy atom. The van der Waals surface area contributed by atoms with Gasteiger partial charge in [-0.05, 0) is 50.0 Å². The Balaban J connectivity index is 1.74. The standard InChI is InChI=1S/C15H24N4O/c1-17-14-4-2-12(3-5-14)6-9-19-10-7-13(8-11-19)15(20)18-16/h2-5,13,17H,6-11,16H2,1H3,(H,18,20). The van der Waals surface area contributed by atoms with Gasteiger partial charge in [-0.2, -0.15) is 0 Å². The molecule has 0 bridgehead atoms. The van der Waals surface area contributed by atoms with Crippen molar-refractivity contribution in [3.8, 4) is 0 Å². The molecule has 1 aromatic carbocycles. The van der Waals surface area contributed by atoms with E-state index in [0.717, 1.165) is 44.6 Å². The molecule has 1 aliphatic rings. The van der Waals surface area contributed by atoms with Crippen molar-refractivity contribution >= 4 is 11.6 Å². The molecule has 0 aliphatic carbocycles. The number of piperidine rings is 1. The lowest BCUT2D eigenvalue weighted by atomic mass is 9.96. The summed E-state index contributed by atoms with van der Waals surface area (Å²) in [6.45, 7) is 3.01. The van der Waals surface area contributed by atoms with Crippen LogP contribution in [0, 0.1) is 5.92 Å². The highest BCUT2D eigenvalue weighted by atomic mass is 16.2. The molecule has 2 rings (SSSR count). The summed E-state index contributed by atoms with van der Waals surface area (Å²) < 4.78 is 0. The summed E-state index contributed by atoms with van der Waals surface area (Å²) in [5.74, 6) is 5.25. The van der Waals surface area contributed by atoms with E-state index >= 15 is 0 Å². The van der Waals surface area contributed by atoms with Crippen molar-refractivity contribution in [1.29, 1.82) is 0 Å². The lowest BCUT2D eigenvalue weighted by Gasteiger charge is -2.30. The smallest absolute Gasteiger partial charge is 0.237 e. The van der Waals surface area contributed by atoms with Gasteiger partial charge in [-0.3, -0.25) is 10.2 Å². The molecular formula is C15H24N4O. The predicted octanol–water partition coefficient (Wildman–Crippen LogP) is 0.973. The molecule has 1 heterocycles. The third-order valence-electron chi connectivity index (χ3n) is 4.06. The highest BCUT2D eigenvalue weighted by Crippen LogP contribution is 2.17. The Hall–Kier alpha value is -1.59. The Morgan fingerprint density at radius 3 is 2.50 bits per heavy atom. The summed E-state index contributed by atoms with van der Waals surface area (Å²) in [6.07, 6.45) is 2.86. The number of hydrazine groups is 1. The molecule has 1 fully saturated rings. The zero-order valence-corrected chi connectivity index (χ0v) is 12.1. The molecule has 1 saturated heterocycles. The molecule has 0 radical (unpaired) electrons. The van der Waals surface area contributed by atoms with E-state index in [4.69, 9.17) is 5.84 Å². The highest BCUT2D eigenvalue weighted by molar-refractivity contribution is 5.78. The topological polar surface area (TPSA) is 70.4 Å². The molecule has 0 aromatic heterocycles. The number of amides is 1. The Labute approximate surface area is 120 Å². The fraction of sp³-hybridized carbons (Fsp3) is 0.533. The first-order valence-corrected chi connectivity index (χ1v) is 7.22. The summed E-state index contributed by atoms with van der Waals surface area (Å²) in [5.41, 5.74) is 4.75. The van der Waals surface area contributed by atoms with Gasteiger partial charge in [-0.25, -0.2) is 5.84 Å². The number of carbonyl (C=O) groups excluding carboxylic acids is 1. The quantitative estimate of drug-likeness (QED) is 0.426. The van der Waals surface area contributed by atoms with Crippen molar-refractivity contribution in [1.82, 2.24) is 10.3 Å². The number of hydrogen-bond acceptors (Lipinski definition) is 4. The van der Waals surface area contributed by atoms with Crippen LogP contribution in [0.15, 0.2) is 24.3 Å². The van der Waals surface area contributed by atoms with Crippen LogP contribution in [0.25, 0.3) is 0 Å². The van der Waals surface area contributed by atoms with Crippen LogP contribution >= 0.6 is 0 Å². The van der Waals surface area contributed by atoms with Crippen LogP contribution in [0.1, 0.15) is 18.4 Å².